The number of alkyl halides is 1. The highest BCUT2D eigenvalue weighted by atomic mass is 35.5. The fourth-order valence-electron chi connectivity index (χ4n) is 0.988. The van der Waals surface area contributed by atoms with Gasteiger partial charge in [-0.05, 0) is 5.56 Å². The zero-order valence-electron chi connectivity index (χ0n) is 6.98. The largest absolute Gasteiger partial charge is 0.368 e. The van der Waals surface area contributed by atoms with Crippen molar-refractivity contribution < 1.29 is 4.79 Å². The maximum absolute atomic E-state index is 10.7. The molecule has 2 atom stereocenters. The summed E-state index contributed by atoms with van der Waals surface area (Å²) in [7, 11) is 0. The molecule has 3 nitrogen and oxygen atoms in total. The molecule has 0 aromatic heterocycles. The molecule has 70 valence electrons. The Morgan fingerprint density at radius 2 is 1.85 bits per heavy atom. The SMILES string of the molecule is NC(=O)C(N)C(Cl)c1ccccc1. The van der Waals surface area contributed by atoms with Crippen molar-refractivity contribution in [2.24, 2.45) is 11.5 Å². The van der Waals surface area contributed by atoms with Crippen molar-refractivity contribution in [2.75, 3.05) is 0 Å². The van der Waals surface area contributed by atoms with Crippen LogP contribution in [0.25, 0.3) is 0 Å². The molecule has 1 aromatic rings. The van der Waals surface area contributed by atoms with Gasteiger partial charge in [-0.3, -0.25) is 4.79 Å². The summed E-state index contributed by atoms with van der Waals surface area (Å²) in [5, 5.41) is -0.557. The Kier molecular flexibility index (Phi) is 3.28. The molecular weight excluding hydrogens is 188 g/mol. The van der Waals surface area contributed by atoms with E-state index in [1.165, 1.54) is 0 Å². The van der Waals surface area contributed by atoms with Crippen LogP contribution >= 0.6 is 11.6 Å². The first-order valence-electron chi connectivity index (χ1n) is 3.87. The minimum atomic E-state index is -0.843. The topological polar surface area (TPSA) is 69.1 Å². The van der Waals surface area contributed by atoms with E-state index in [1.54, 1.807) is 12.1 Å². The summed E-state index contributed by atoms with van der Waals surface area (Å²) in [5.74, 6) is -0.594. The molecule has 2 unspecified atom stereocenters. The van der Waals surface area contributed by atoms with E-state index in [0.29, 0.717) is 0 Å². The summed E-state index contributed by atoms with van der Waals surface area (Å²) in [6, 6.07) is 8.30. The number of carbonyl (C=O) groups excluding carboxylic acids is 1. The van der Waals surface area contributed by atoms with Gasteiger partial charge >= 0.3 is 0 Å². The number of rotatable bonds is 3. The second-order valence-electron chi connectivity index (χ2n) is 2.74. The second kappa shape index (κ2) is 4.25. The third-order valence-corrected chi connectivity index (χ3v) is 2.29. The third-order valence-electron chi connectivity index (χ3n) is 1.76. The molecule has 0 aliphatic heterocycles. The molecule has 1 rings (SSSR count). The van der Waals surface area contributed by atoms with E-state index in [9.17, 15) is 4.79 Å². The molecule has 4 N–H and O–H groups in total. The Hall–Kier alpha value is -1.06. The summed E-state index contributed by atoms with van der Waals surface area (Å²) in [6.45, 7) is 0. The molecule has 4 heteroatoms. The number of hydrogen-bond donors (Lipinski definition) is 2. The van der Waals surface area contributed by atoms with Crippen molar-refractivity contribution in [1.82, 2.24) is 0 Å². The van der Waals surface area contributed by atoms with Crippen LogP contribution in [0.1, 0.15) is 10.9 Å². The molecule has 1 amide bonds. The summed E-state index contributed by atoms with van der Waals surface area (Å²) >= 11 is 5.93. The normalized spacial score (nSPS) is 14.9. The van der Waals surface area contributed by atoms with Crippen molar-refractivity contribution in [3.63, 3.8) is 0 Å². The van der Waals surface area contributed by atoms with Crippen LogP contribution in [0.15, 0.2) is 30.3 Å². The summed E-state index contributed by atoms with van der Waals surface area (Å²) in [6.07, 6.45) is 0. The quantitative estimate of drug-likeness (QED) is 0.705. The van der Waals surface area contributed by atoms with Crippen LogP contribution in [-0.4, -0.2) is 11.9 Å². The fraction of sp³-hybridized carbons (Fsp3) is 0.222. The zero-order valence-corrected chi connectivity index (χ0v) is 7.74. The second-order valence-corrected chi connectivity index (χ2v) is 3.21. The van der Waals surface area contributed by atoms with Gasteiger partial charge in [0, 0.05) is 0 Å². The minimum Gasteiger partial charge on any atom is -0.368 e. The van der Waals surface area contributed by atoms with Crippen LogP contribution in [0.4, 0.5) is 0 Å². The van der Waals surface area contributed by atoms with E-state index in [4.69, 9.17) is 23.1 Å². The van der Waals surface area contributed by atoms with Gasteiger partial charge in [0.25, 0.3) is 0 Å². The maximum Gasteiger partial charge on any atom is 0.236 e. The molecule has 13 heavy (non-hydrogen) atoms. The molecule has 0 aliphatic carbocycles. The summed E-state index contributed by atoms with van der Waals surface area (Å²) in [4.78, 5) is 10.7. The summed E-state index contributed by atoms with van der Waals surface area (Å²) in [5.41, 5.74) is 11.3. The molecule has 0 fully saturated rings. The number of benzene rings is 1. The van der Waals surface area contributed by atoms with E-state index < -0.39 is 17.3 Å². The van der Waals surface area contributed by atoms with Crippen molar-refractivity contribution in [3.8, 4) is 0 Å². The van der Waals surface area contributed by atoms with Gasteiger partial charge in [-0.1, -0.05) is 30.3 Å². The molecular formula is C9H11ClN2O. The molecule has 0 aliphatic rings. The highest BCUT2D eigenvalue weighted by Crippen LogP contribution is 2.22. The molecule has 0 heterocycles. The molecule has 0 spiro atoms. The van der Waals surface area contributed by atoms with Crippen LogP contribution in [0.5, 0.6) is 0 Å². The van der Waals surface area contributed by atoms with Gasteiger partial charge in [0.2, 0.25) is 5.91 Å². The molecule has 0 saturated heterocycles. The van der Waals surface area contributed by atoms with Crippen molar-refractivity contribution in [1.29, 1.82) is 0 Å². The highest BCUT2D eigenvalue weighted by molar-refractivity contribution is 6.22. The lowest BCUT2D eigenvalue weighted by Crippen LogP contribution is -2.39. The fourth-order valence-corrected chi connectivity index (χ4v) is 1.26. The smallest absolute Gasteiger partial charge is 0.236 e. The molecule has 0 saturated carbocycles. The Morgan fingerprint density at radius 1 is 1.31 bits per heavy atom. The number of primary amides is 1. The van der Waals surface area contributed by atoms with Gasteiger partial charge in [-0.2, -0.15) is 0 Å². The number of hydrogen-bond acceptors (Lipinski definition) is 2. The van der Waals surface area contributed by atoms with Crippen LogP contribution in [0.2, 0.25) is 0 Å². The van der Waals surface area contributed by atoms with Gasteiger partial charge in [0.15, 0.2) is 0 Å². The van der Waals surface area contributed by atoms with E-state index in [-0.39, 0.29) is 0 Å². The van der Waals surface area contributed by atoms with Gasteiger partial charge in [0.1, 0.15) is 6.04 Å². The Bertz CT molecular complexity index is 289. The lowest BCUT2D eigenvalue weighted by Gasteiger charge is -2.14. The first-order valence-corrected chi connectivity index (χ1v) is 4.30. The van der Waals surface area contributed by atoms with E-state index in [1.807, 2.05) is 18.2 Å². The third kappa shape index (κ3) is 2.44. The maximum atomic E-state index is 10.7. The lowest BCUT2D eigenvalue weighted by atomic mass is 10.1. The van der Waals surface area contributed by atoms with E-state index in [2.05, 4.69) is 0 Å². The number of nitrogens with two attached hydrogens (primary N) is 2. The number of carbonyl (C=O) groups is 1. The lowest BCUT2D eigenvalue weighted by molar-refractivity contribution is -0.119. The highest BCUT2D eigenvalue weighted by Gasteiger charge is 2.21. The Labute approximate surface area is 81.7 Å². The predicted molar refractivity (Wildman–Crippen MR) is 52.2 cm³/mol. The van der Waals surface area contributed by atoms with Crippen LogP contribution in [0.3, 0.4) is 0 Å². The van der Waals surface area contributed by atoms with Gasteiger partial charge in [0.05, 0.1) is 5.38 Å². The molecule has 0 radical (unpaired) electrons. The van der Waals surface area contributed by atoms with Gasteiger partial charge in [-0.25, -0.2) is 0 Å². The standard InChI is InChI=1S/C9H11ClN2O/c10-7(8(11)9(12)13)6-4-2-1-3-5-6/h1-5,7-8H,11H2,(H2,12,13). The van der Waals surface area contributed by atoms with Crippen molar-refractivity contribution in [2.45, 2.75) is 11.4 Å². The van der Waals surface area contributed by atoms with E-state index in [0.717, 1.165) is 5.56 Å². The zero-order chi connectivity index (χ0) is 9.84. The van der Waals surface area contributed by atoms with Gasteiger partial charge < -0.3 is 11.5 Å². The predicted octanol–water partition coefficient (Wildman–Crippen LogP) is 0.779. The first kappa shape index (κ1) is 10.0. The summed E-state index contributed by atoms with van der Waals surface area (Å²) < 4.78 is 0. The number of amides is 1. The van der Waals surface area contributed by atoms with Gasteiger partial charge in [-0.15, -0.1) is 11.6 Å². The number of halogens is 1. The van der Waals surface area contributed by atoms with Crippen molar-refractivity contribution in [3.05, 3.63) is 35.9 Å². The van der Waals surface area contributed by atoms with Crippen LogP contribution < -0.4 is 11.5 Å². The van der Waals surface area contributed by atoms with Crippen LogP contribution in [0, 0.1) is 0 Å². The Balaban J connectivity index is 2.79. The van der Waals surface area contributed by atoms with E-state index >= 15 is 0 Å². The van der Waals surface area contributed by atoms with Crippen LogP contribution in [-0.2, 0) is 4.79 Å². The first-order chi connectivity index (χ1) is 6.13. The monoisotopic (exact) mass is 198 g/mol. The Morgan fingerprint density at radius 3 is 2.31 bits per heavy atom. The molecule has 0 bridgehead atoms. The minimum absolute atomic E-state index is 0.557. The average molecular weight is 199 g/mol. The average Bonchev–Trinajstić information content (AvgIpc) is 2.17. The van der Waals surface area contributed by atoms with Crippen molar-refractivity contribution >= 4 is 17.5 Å². The molecule has 1 aromatic carbocycles.